The average Bonchev–Trinajstić information content (AvgIpc) is 3.17. The van der Waals surface area contributed by atoms with Gasteiger partial charge in [0.2, 0.25) is 0 Å². The number of urea groups is 1. The molecule has 0 saturated carbocycles. The number of halogens is 2. The van der Waals surface area contributed by atoms with Crippen molar-refractivity contribution in [1.29, 1.82) is 0 Å². The Kier molecular flexibility index (Phi) is 8.66. The Hall–Kier alpha value is -3.19. The van der Waals surface area contributed by atoms with Crippen molar-refractivity contribution in [2.45, 2.75) is 25.9 Å². The van der Waals surface area contributed by atoms with Gasteiger partial charge in [0.25, 0.3) is 0 Å². The Bertz CT molecular complexity index is 1450. The van der Waals surface area contributed by atoms with Crippen LogP contribution in [-0.4, -0.2) is 53.6 Å². The van der Waals surface area contributed by atoms with Crippen LogP contribution < -0.4 is 10.1 Å². The summed E-state index contributed by atoms with van der Waals surface area (Å²) in [7, 11) is 4.23. The lowest BCUT2D eigenvalue weighted by Gasteiger charge is -2.22. The van der Waals surface area contributed by atoms with E-state index in [9.17, 15) is 4.79 Å². The Morgan fingerprint density at radius 2 is 1.82 bits per heavy atom. The zero-order chi connectivity index (χ0) is 27.4. The maximum atomic E-state index is 12.8. The molecule has 8 heteroatoms. The molecule has 1 N–H and O–H groups in total. The minimum atomic E-state index is -0.0872. The second-order valence-corrected chi connectivity index (χ2v) is 11.0. The summed E-state index contributed by atoms with van der Waals surface area (Å²) in [5.41, 5.74) is 5.43. The molecule has 0 saturated heterocycles. The first-order valence-electron chi connectivity index (χ1n) is 13.3. The summed E-state index contributed by atoms with van der Waals surface area (Å²) >= 11 is 12.3. The lowest BCUT2D eigenvalue weighted by atomic mass is 10.1. The summed E-state index contributed by atoms with van der Waals surface area (Å²) in [6.07, 6.45) is 4.81. The van der Waals surface area contributed by atoms with Crippen molar-refractivity contribution in [3.05, 3.63) is 93.6 Å². The monoisotopic (exact) mass is 564 g/mol. The number of benzene rings is 3. The number of nitrogens with one attached hydrogen (secondary N) is 1. The van der Waals surface area contributed by atoms with Crippen LogP contribution in [0.4, 0.5) is 10.5 Å². The normalized spacial score (nSPS) is 13.5. The quantitative estimate of drug-likeness (QED) is 0.225. The van der Waals surface area contributed by atoms with Gasteiger partial charge < -0.3 is 24.4 Å². The van der Waals surface area contributed by atoms with Gasteiger partial charge in [-0.2, -0.15) is 0 Å². The van der Waals surface area contributed by atoms with E-state index in [4.69, 9.17) is 27.9 Å². The molecule has 204 valence electrons. The van der Waals surface area contributed by atoms with Gasteiger partial charge >= 0.3 is 6.03 Å². The first kappa shape index (κ1) is 27.4. The number of amides is 2. The van der Waals surface area contributed by atoms with Crippen LogP contribution in [0.15, 0.2) is 66.9 Å². The van der Waals surface area contributed by atoms with Crippen molar-refractivity contribution >= 4 is 45.8 Å². The van der Waals surface area contributed by atoms with E-state index < -0.39 is 0 Å². The minimum Gasteiger partial charge on any atom is -0.489 e. The van der Waals surface area contributed by atoms with Gasteiger partial charge in [-0.25, -0.2) is 4.79 Å². The predicted octanol–water partition coefficient (Wildman–Crippen LogP) is 7.02. The fraction of sp³-hybridized carbons (Fsp3) is 0.323. The molecule has 0 atom stereocenters. The Morgan fingerprint density at radius 1 is 1.03 bits per heavy atom. The van der Waals surface area contributed by atoms with Gasteiger partial charge in [-0.3, -0.25) is 0 Å². The number of nitrogens with zero attached hydrogens (tertiary/aromatic N) is 3. The fourth-order valence-electron chi connectivity index (χ4n) is 5.11. The number of ether oxygens (including phenoxy) is 1. The lowest BCUT2D eigenvalue weighted by Crippen LogP contribution is -2.36. The highest BCUT2D eigenvalue weighted by molar-refractivity contribution is 6.42. The van der Waals surface area contributed by atoms with Crippen molar-refractivity contribution in [2.24, 2.45) is 7.05 Å². The zero-order valence-corrected chi connectivity index (χ0v) is 23.9. The Balaban J connectivity index is 1.12. The number of carbonyl (C=O) groups is 1. The maximum absolute atomic E-state index is 12.8. The molecule has 0 aliphatic carbocycles. The van der Waals surface area contributed by atoms with Crippen molar-refractivity contribution in [2.75, 3.05) is 38.5 Å². The molecule has 39 heavy (non-hydrogen) atoms. The van der Waals surface area contributed by atoms with Gasteiger partial charge in [0.05, 0.1) is 10.0 Å². The van der Waals surface area contributed by atoms with E-state index in [2.05, 4.69) is 59.3 Å². The van der Waals surface area contributed by atoms with E-state index >= 15 is 0 Å². The largest absolute Gasteiger partial charge is 0.489 e. The molecule has 1 aliphatic rings. The maximum Gasteiger partial charge on any atom is 0.321 e. The molecular weight excluding hydrogens is 531 g/mol. The molecule has 4 aromatic rings. The van der Waals surface area contributed by atoms with E-state index in [1.165, 1.54) is 16.5 Å². The van der Waals surface area contributed by atoms with Crippen LogP contribution in [0.2, 0.25) is 10.0 Å². The number of fused-ring (bicyclic) bond motifs is 2. The number of likely N-dealkylation sites (N-methyl/N-ethyl adjacent to an activating group) is 1. The molecule has 2 amide bonds. The van der Waals surface area contributed by atoms with Crippen LogP contribution in [0.5, 0.6) is 5.75 Å². The fourth-order valence-corrected chi connectivity index (χ4v) is 5.46. The summed E-state index contributed by atoms with van der Waals surface area (Å²) in [4.78, 5) is 17.0. The highest BCUT2D eigenvalue weighted by Gasteiger charge is 2.21. The van der Waals surface area contributed by atoms with Gasteiger partial charge in [0.1, 0.15) is 12.4 Å². The van der Waals surface area contributed by atoms with Crippen molar-refractivity contribution in [3.63, 3.8) is 0 Å². The van der Waals surface area contributed by atoms with Crippen molar-refractivity contribution in [3.8, 4) is 5.75 Å². The number of aryl methyl sites for hydroxylation is 1. The standard InChI is InChI=1S/C31H34Cl2N4O2/c1-35(13-6-14-37-16-12-23-17-27(32)28(33)19-29(23)34-31(37)38)15-11-24-20-36(2)30-10-9-25(18-26(24)30)39-21-22-7-4-3-5-8-22/h3-5,7-10,17-20H,6,11-16,21H2,1-2H3,(H,34,38). The summed E-state index contributed by atoms with van der Waals surface area (Å²) in [6.45, 7) is 3.75. The first-order valence-corrected chi connectivity index (χ1v) is 14.1. The van der Waals surface area contributed by atoms with Gasteiger partial charge in [0.15, 0.2) is 0 Å². The third-order valence-corrected chi connectivity index (χ3v) is 8.07. The van der Waals surface area contributed by atoms with E-state index in [0.717, 1.165) is 54.9 Å². The summed E-state index contributed by atoms with van der Waals surface area (Å²) in [5.74, 6) is 0.884. The molecule has 1 aliphatic heterocycles. The van der Waals surface area contributed by atoms with Gasteiger partial charge in [-0.05, 0) is 79.9 Å². The van der Waals surface area contributed by atoms with Crippen LogP contribution >= 0.6 is 23.2 Å². The van der Waals surface area contributed by atoms with E-state index in [1.54, 1.807) is 6.07 Å². The van der Waals surface area contributed by atoms with Crippen LogP contribution in [0.25, 0.3) is 10.9 Å². The first-order chi connectivity index (χ1) is 18.9. The van der Waals surface area contributed by atoms with E-state index in [-0.39, 0.29) is 6.03 Å². The smallest absolute Gasteiger partial charge is 0.321 e. The third kappa shape index (κ3) is 6.70. The van der Waals surface area contributed by atoms with Crippen LogP contribution in [0.3, 0.4) is 0 Å². The number of anilines is 1. The molecule has 0 unspecified atom stereocenters. The second-order valence-electron chi connectivity index (χ2n) is 10.2. The minimum absolute atomic E-state index is 0.0872. The molecular formula is C31H34Cl2N4O2. The van der Waals surface area contributed by atoms with Gasteiger partial charge in [-0.15, -0.1) is 0 Å². The molecule has 0 radical (unpaired) electrons. The number of hydrogen-bond donors (Lipinski definition) is 1. The summed E-state index contributed by atoms with van der Waals surface area (Å²) in [6, 6.07) is 20.1. The lowest BCUT2D eigenvalue weighted by molar-refractivity contribution is 0.209. The molecule has 3 aromatic carbocycles. The second kappa shape index (κ2) is 12.3. The molecule has 6 nitrogen and oxygen atoms in total. The summed E-state index contributed by atoms with van der Waals surface area (Å²) < 4.78 is 8.26. The highest BCUT2D eigenvalue weighted by Crippen LogP contribution is 2.31. The van der Waals surface area contributed by atoms with E-state index in [1.807, 2.05) is 35.2 Å². The molecule has 1 aromatic heterocycles. The van der Waals surface area contributed by atoms with Crippen LogP contribution in [0.1, 0.15) is 23.1 Å². The number of carbonyl (C=O) groups excluding carboxylic acids is 1. The van der Waals surface area contributed by atoms with Gasteiger partial charge in [-0.1, -0.05) is 53.5 Å². The SMILES string of the molecule is CN(CCCN1CCc2cc(Cl)c(Cl)cc2NC1=O)CCc1cn(C)c2ccc(OCc3ccccc3)cc12. The van der Waals surface area contributed by atoms with E-state index in [0.29, 0.717) is 29.7 Å². The number of hydrogen-bond acceptors (Lipinski definition) is 3. The highest BCUT2D eigenvalue weighted by atomic mass is 35.5. The molecule has 2 heterocycles. The van der Waals surface area contributed by atoms with Crippen molar-refractivity contribution < 1.29 is 9.53 Å². The topological polar surface area (TPSA) is 49.7 Å². The van der Waals surface area contributed by atoms with Crippen LogP contribution in [-0.2, 0) is 26.5 Å². The third-order valence-electron chi connectivity index (χ3n) is 7.35. The molecule has 0 fully saturated rings. The average molecular weight is 566 g/mol. The molecule has 0 spiro atoms. The Labute approximate surface area is 240 Å². The van der Waals surface area contributed by atoms with Crippen LogP contribution in [0, 0.1) is 0 Å². The summed E-state index contributed by atoms with van der Waals surface area (Å²) in [5, 5.41) is 5.19. The number of rotatable bonds is 10. The van der Waals surface area contributed by atoms with Crippen molar-refractivity contribution in [1.82, 2.24) is 14.4 Å². The molecule has 5 rings (SSSR count). The predicted molar refractivity (Wildman–Crippen MR) is 160 cm³/mol. The van der Waals surface area contributed by atoms with Gasteiger partial charge in [0, 0.05) is 49.5 Å². The zero-order valence-electron chi connectivity index (χ0n) is 22.4. The molecule has 0 bridgehead atoms. The Morgan fingerprint density at radius 3 is 2.64 bits per heavy atom. The number of aromatic nitrogens is 1.